The molecule has 1 aliphatic rings. The zero-order valence-electron chi connectivity index (χ0n) is 16.1. The molecule has 0 bridgehead atoms. The first-order valence-electron chi connectivity index (χ1n) is 9.72. The number of aromatic nitrogens is 1. The van der Waals surface area contributed by atoms with Gasteiger partial charge < -0.3 is 15.4 Å². The zero-order chi connectivity index (χ0) is 19.5. The maximum Gasteiger partial charge on any atom is 0.220 e. The molecule has 5 nitrogen and oxygen atoms in total. The number of piperidine rings is 1. The Morgan fingerprint density at radius 2 is 1.86 bits per heavy atom. The first kappa shape index (κ1) is 18.3. The van der Waals surface area contributed by atoms with Crippen molar-refractivity contribution in [1.29, 1.82) is 0 Å². The number of ether oxygens (including phenoxy) is 1. The van der Waals surface area contributed by atoms with Crippen molar-refractivity contribution >= 4 is 22.6 Å². The molecule has 0 aliphatic carbocycles. The van der Waals surface area contributed by atoms with E-state index in [1.165, 1.54) is 5.56 Å². The molecule has 1 aromatic heterocycles. The van der Waals surface area contributed by atoms with Crippen molar-refractivity contribution in [2.24, 2.45) is 11.7 Å². The lowest BCUT2D eigenvalue weighted by Gasteiger charge is -2.31. The highest BCUT2D eigenvalue weighted by Gasteiger charge is 2.24. The Morgan fingerprint density at radius 3 is 2.57 bits per heavy atom. The van der Waals surface area contributed by atoms with Crippen LogP contribution in [0.25, 0.3) is 10.9 Å². The summed E-state index contributed by atoms with van der Waals surface area (Å²) >= 11 is 0. The van der Waals surface area contributed by atoms with E-state index in [2.05, 4.69) is 42.2 Å². The minimum atomic E-state index is -0.196. The summed E-state index contributed by atoms with van der Waals surface area (Å²) in [6, 6.07) is 18.5. The average molecular weight is 375 g/mol. The van der Waals surface area contributed by atoms with Gasteiger partial charge in [-0.15, -0.1) is 0 Å². The van der Waals surface area contributed by atoms with Crippen LogP contribution in [-0.2, 0) is 11.4 Å². The molecule has 1 saturated heterocycles. The third-order valence-corrected chi connectivity index (χ3v) is 5.40. The smallest absolute Gasteiger partial charge is 0.220 e. The topological polar surface area (TPSA) is 68.5 Å². The van der Waals surface area contributed by atoms with E-state index in [4.69, 9.17) is 15.5 Å². The Morgan fingerprint density at radius 1 is 1.11 bits per heavy atom. The molecule has 5 heteroatoms. The van der Waals surface area contributed by atoms with Gasteiger partial charge >= 0.3 is 0 Å². The normalized spacial score (nSPS) is 15.0. The monoisotopic (exact) mass is 375 g/mol. The Labute approximate surface area is 165 Å². The highest BCUT2D eigenvalue weighted by Crippen LogP contribution is 2.29. The summed E-state index contributed by atoms with van der Waals surface area (Å²) in [6.45, 7) is 4.17. The number of nitrogens with zero attached hydrogens (tertiary/aromatic N) is 2. The van der Waals surface area contributed by atoms with Gasteiger partial charge in [-0.1, -0.05) is 42.0 Å². The van der Waals surface area contributed by atoms with Crippen molar-refractivity contribution in [1.82, 2.24) is 4.98 Å². The maximum absolute atomic E-state index is 11.4. The summed E-state index contributed by atoms with van der Waals surface area (Å²) in [4.78, 5) is 18.5. The number of rotatable bonds is 5. The number of hydrogen-bond donors (Lipinski definition) is 1. The van der Waals surface area contributed by atoms with E-state index < -0.39 is 0 Å². The molecule has 2 aromatic carbocycles. The zero-order valence-corrected chi connectivity index (χ0v) is 16.1. The number of pyridine rings is 1. The van der Waals surface area contributed by atoms with Gasteiger partial charge in [-0.2, -0.15) is 0 Å². The summed E-state index contributed by atoms with van der Waals surface area (Å²) < 4.78 is 6.09. The molecule has 0 unspecified atom stereocenters. The second-order valence-electron chi connectivity index (χ2n) is 7.44. The number of nitrogens with two attached hydrogens (primary N) is 1. The fraction of sp³-hybridized carbons (Fsp3) is 0.304. The van der Waals surface area contributed by atoms with Gasteiger partial charge in [-0.25, -0.2) is 4.98 Å². The Kier molecular flexibility index (Phi) is 5.15. The van der Waals surface area contributed by atoms with Gasteiger partial charge in [0.05, 0.1) is 0 Å². The average Bonchev–Trinajstić information content (AvgIpc) is 2.73. The Hall–Kier alpha value is -3.08. The van der Waals surface area contributed by atoms with Crippen LogP contribution >= 0.6 is 0 Å². The summed E-state index contributed by atoms with van der Waals surface area (Å²) in [5.41, 5.74) is 8.68. The third kappa shape index (κ3) is 3.93. The Bertz CT molecular complexity index is 977. The lowest BCUT2D eigenvalue weighted by atomic mass is 9.96. The van der Waals surface area contributed by atoms with Crippen LogP contribution in [0.5, 0.6) is 5.75 Å². The summed E-state index contributed by atoms with van der Waals surface area (Å²) in [6.07, 6.45) is 1.56. The van der Waals surface area contributed by atoms with Crippen molar-refractivity contribution in [3.8, 4) is 5.75 Å². The molecule has 0 radical (unpaired) electrons. The van der Waals surface area contributed by atoms with Gasteiger partial charge in [0.15, 0.2) is 0 Å². The molecule has 1 amide bonds. The maximum atomic E-state index is 11.4. The van der Waals surface area contributed by atoms with Gasteiger partial charge in [-0.3, -0.25) is 4.79 Å². The summed E-state index contributed by atoms with van der Waals surface area (Å²) in [7, 11) is 0. The molecular weight excluding hydrogens is 350 g/mol. The lowest BCUT2D eigenvalue weighted by Crippen LogP contribution is -2.38. The molecule has 0 spiro atoms. The van der Waals surface area contributed by atoms with Crippen LogP contribution in [0.2, 0.25) is 0 Å². The molecule has 3 aromatic rings. The van der Waals surface area contributed by atoms with Crippen LogP contribution < -0.4 is 15.4 Å². The highest BCUT2D eigenvalue weighted by molar-refractivity contribution is 5.86. The molecule has 0 atom stereocenters. The number of carbonyl (C=O) groups is 1. The first-order valence-corrected chi connectivity index (χ1v) is 9.72. The Balaban J connectivity index is 1.54. The van der Waals surface area contributed by atoms with Crippen molar-refractivity contribution in [3.63, 3.8) is 0 Å². The van der Waals surface area contributed by atoms with E-state index in [-0.39, 0.29) is 11.8 Å². The van der Waals surface area contributed by atoms with Crippen LogP contribution in [-0.4, -0.2) is 24.0 Å². The predicted molar refractivity (Wildman–Crippen MR) is 111 cm³/mol. The molecule has 1 fully saturated rings. The van der Waals surface area contributed by atoms with E-state index in [0.717, 1.165) is 54.0 Å². The minimum Gasteiger partial charge on any atom is -0.487 e. The van der Waals surface area contributed by atoms with Gasteiger partial charge in [0.25, 0.3) is 0 Å². The molecule has 144 valence electrons. The summed E-state index contributed by atoms with van der Waals surface area (Å²) in [5.74, 6) is 1.48. The van der Waals surface area contributed by atoms with E-state index in [1.807, 2.05) is 24.3 Å². The number of carbonyl (C=O) groups excluding carboxylic acids is 1. The fourth-order valence-electron chi connectivity index (χ4n) is 3.64. The third-order valence-electron chi connectivity index (χ3n) is 5.40. The van der Waals surface area contributed by atoms with Crippen LogP contribution in [0.4, 0.5) is 5.82 Å². The number of fused-ring (bicyclic) bond motifs is 1. The van der Waals surface area contributed by atoms with E-state index in [0.29, 0.717) is 6.61 Å². The number of primary amides is 1. The van der Waals surface area contributed by atoms with Crippen molar-refractivity contribution < 1.29 is 9.53 Å². The fourth-order valence-corrected chi connectivity index (χ4v) is 3.64. The quantitative estimate of drug-likeness (QED) is 0.736. The molecule has 1 aliphatic heterocycles. The number of amides is 1. The van der Waals surface area contributed by atoms with Crippen molar-refractivity contribution in [2.75, 3.05) is 18.0 Å². The predicted octanol–water partition coefficient (Wildman–Crippen LogP) is 3.82. The molecule has 0 saturated carbocycles. The van der Waals surface area contributed by atoms with Crippen LogP contribution in [0.1, 0.15) is 24.0 Å². The highest BCUT2D eigenvalue weighted by atomic mass is 16.5. The molecule has 4 rings (SSSR count). The van der Waals surface area contributed by atoms with Gasteiger partial charge in [0.2, 0.25) is 5.91 Å². The second-order valence-corrected chi connectivity index (χ2v) is 7.44. The van der Waals surface area contributed by atoms with Gasteiger partial charge in [0.1, 0.15) is 23.7 Å². The number of anilines is 1. The molecule has 2 heterocycles. The van der Waals surface area contributed by atoms with Gasteiger partial charge in [0, 0.05) is 24.4 Å². The summed E-state index contributed by atoms with van der Waals surface area (Å²) in [5, 5.41) is 1.05. The van der Waals surface area contributed by atoms with Crippen LogP contribution in [0, 0.1) is 12.8 Å². The van der Waals surface area contributed by atoms with Crippen LogP contribution in [0.3, 0.4) is 0 Å². The molecule has 2 N–H and O–H groups in total. The lowest BCUT2D eigenvalue weighted by molar-refractivity contribution is -0.122. The van der Waals surface area contributed by atoms with E-state index in [9.17, 15) is 4.79 Å². The number of para-hydroxylation sites is 1. The minimum absolute atomic E-state index is 0.0230. The number of hydrogen-bond acceptors (Lipinski definition) is 4. The number of benzene rings is 2. The van der Waals surface area contributed by atoms with Crippen molar-refractivity contribution in [3.05, 3.63) is 65.7 Å². The standard InChI is InChI=1S/C23H25N3O2/c1-16-5-7-17(8-6-16)15-28-20-4-2-3-18-9-10-21(25-22(18)20)26-13-11-19(12-14-26)23(24)27/h2-10,19H,11-15H2,1H3,(H2,24,27). The molecular formula is C23H25N3O2. The second kappa shape index (κ2) is 7.89. The number of aryl methyl sites for hydroxylation is 1. The molecule has 28 heavy (non-hydrogen) atoms. The van der Waals surface area contributed by atoms with E-state index >= 15 is 0 Å². The largest absolute Gasteiger partial charge is 0.487 e. The van der Waals surface area contributed by atoms with Crippen molar-refractivity contribution in [2.45, 2.75) is 26.4 Å². The SMILES string of the molecule is Cc1ccc(COc2cccc3ccc(N4CCC(C(N)=O)CC4)nc23)cc1. The van der Waals surface area contributed by atoms with E-state index in [1.54, 1.807) is 0 Å². The van der Waals surface area contributed by atoms with Gasteiger partial charge in [-0.05, 0) is 43.5 Å². The van der Waals surface area contributed by atoms with Crippen LogP contribution in [0.15, 0.2) is 54.6 Å². The first-order chi connectivity index (χ1) is 13.6.